The Balaban J connectivity index is 1.72. The van der Waals surface area contributed by atoms with E-state index in [9.17, 15) is 18.0 Å². The highest BCUT2D eigenvalue weighted by molar-refractivity contribution is 7.92. The third-order valence-electron chi connectivity index (χ3n) is 6.17. The van der Waals surface area contributed by atoms with Gasteiger partial charge in [-0.15, -0.1) is 0 Å². The molecule has 0 aliphatic carbocycles. The van der Waals surface area contributed by atoms with Gasteiger partial charge < -0.3 is 10.1 Å². The van der Waals surface area contributed by atoms with Crippen molar-refractivity contribution < 1.29 is 22.7 Å². The van der Waals surface area contributed by atoms with E-state index in [0.717, 1.165) is 21.0 Å². The summed E-state index contributed by atoms with van der Waals surface area (Å²) in [5, 5.41) is 4.27. The summed E-state index contributed by atoms with van der Waals surface area (Å²) in [5.41, 5.74) is 2.54. The van der Waals surface area contributed by atoms with Crippen molar-refractivity contribution in [3.8, 4) is 0 Å². The van der Waals surface area contributed by atoms with Crippen LogP contribution in [0.15, 0.2) is 89.8 Å². The number of sulfonamides is 1. The minimum absolute atomic E-state index is 0.0858. The molecule has 0 spiro atoms. The molecule has 7 nitrogen and oxygen atoms in total. The fraction of sp³-hybridized carbons (Fsp3) is 0.250. The molecule has 1 amide bonds. The van der Waals surface area contributed by atoms with Crippen LogP contribution in [0.25, 0.3) is 10.8 Å². The summed E-state index contributed by atoms with van der Waals surface area (Å²) >= 11 is 0. The van der Waals surface area contributed by atoms with Crippen molar-refractivity contribution in [3.63, 3.8) is 0 Å². The molecule has 4 rings (SSSR count). The van der Waals surface area contributed by atoms with E-state index in [-0.39, 0.29) is 10.8 Å². The molecule has 40 heavy (non-hydrogen) atoms. The van der Waals surface area contributed by atoms with Crippen molar-refractivity contribution in [3.05, 3.63) is 107 Å². The van der Waals surface area contributed by atoms with Gasteiger partial charge in [-0.1, -0.05) is 54.6 Å². The number of carbonyl (C=O) groups excluding carboxylic acids is 2. The first-order chi connectivity index (χ1) is 18.8. The molecule has 4 aromatic carbocycles. The number of rotatable bonds is 8. The van der Waals surface area contributed by atoms with Crippen LogP contribution in [-0.2, 0) is 26.1 Å². The van der Waals surface area contributed by atoms with E-state index in [1.54, 1.807) is 63.2 Å². The second kappa shape index (κ2) is 11.5. The first-order valence-corrected chi connectivity index (χ1v) is 14.5. The van der Waals surface area contributed by atoms with E-state index in [1.165, 1.54) is 0 Å². The lowest BCUT2D eigenvalue weighted by molar-refractivity contribution is -0.152. The minimum Gasteiger partial charge on any atom is -0.459 e. The Hall–Kier alpha value is -4.17. The lowest BCUT2D eigenvalue weighted by atomic mass is 10.0. The van der Waals surface area contributed by atoms with E-state index in [0.29, 0.717) is 28.6 Å². The van der Waals surface area contributed by atoms with Crippen LogP contribution in [0.1, 0.15) is 47.8 Å². The highest BCUT2D eigenvalue weighted by Crippen LogP contribution is 2.30. The van der Waals surface area contributed by atoms with Crippen molar-refractivity contribution in [2.45, 2.75) is 51.7 Å². The van der Waals surface area contributed by atoms with Crippen molar-refractivity contribution in [2.24, 2.45) is 0 Å². The molecule has 8 heteroatoms. The average molecular weight is 559 g/mol. The van der Waals surface area contributed by atoms with Crippen LogP contribution in [0.5, 0.6) is 0 Å². The summed E-state index contributed by atoms with van der Waals surface area (Å²) in [6, 6.07) is 25.0. The van der Waals surface area contributed by atoms with Crippen LogP contribution in [0.3, 0.4) is 0 Å². The highest BCUT2D eigenvalue weighted by atomic mass is 32.2. The number of amides is 1. The summed E-state index contributed by atoms with van der Waals surface area (Å²) in [6.07, 6.45) is 0. The fourth-order valence-electron chi connectivity index (χ4n) is 4.51. The summed E-state index contributed by atoms with van der Waals surface area (Å²) in [4.78, 5) is 26.0. The molecule has 0 atom stereocenters. The maximum absolute atomic E-state index is 13.9. The van der Waals surface area contributed by atoms with E-state index in [2.05, 4.69) is 5.32 Å². The van der Waals surface area contributed by atoms with Crippen LogP contribution < -0.4 is 9.62 Å². The van der Waals surface area contributed by atoms with Crippen LogP contribution in [0, 0.1) is 13.8 Å². The molecule has 0 unspecified atom stereocenters. The lowest BCUT2D eigenvalue weighted by Crippen LogP contribution is -2.39. The molecule has 0 aliphatic heterocycles. The molecule has 0 bridgehead atoms. The summed E-state index contributed by atoms with van der Waals surface area (Å²) in [7, 11) is -4.13. The van der Waals surface area contributed by atoms with Crippen molar-refractivity contribution >= 4 is 38.4 Å². The number of aryl methyl sites for hydroxylation is 2. The third kappa shape index (κ3) is 6.87. The highest BCUT2D eigenvalue weighted by Gasteiger charge is 2.30. The van der Waals surface area contributed by atoms with Crippen LogP contribution in [-0.4, -0.2) is 32.4 Å². The number of nitrogens with zero attached hydrogens (tertiary/aromatic N) is 1. The van der Waals surface area contributed by atoms with Gasteiger partial charge in [-0.3, -0.25) is 13.9 Å². The second-order valence-electron chi connectivity index (χ2n) is 10.8. The van der Waals surface area contributed by atoms with E-state index in [1.807, 2.05) is 56.3 Å². The number of hydrogen-bond donors (Lipinski definition) is 1. The van der Waals surface area contributed by atoms with Gasteiger partial charge in [0, 0.05) is 12.1 Å². The van der Waals surface area contributed by atoms with Crippen molar-refractivity contribution in [2.75, 3.05) is 10.8 Å². The van der Waals surface area contributed by atoms with E-state index < -0.39 is 28.1 Å². The molecule has 0 aromatic heterocycles. The number of benzene rings is 4. The Kier molecular flexibility index (Phi) is 8.30. The van der Waals surface area contributed by atoms with Gasteiger partial charge in [-0.25, -0.2) is 8.42 Å². The smallest absolute Gasteiger partial charge is 0.327 e. The van der Waals surface area contributed by atoms with Gasteiger partial charge in [0.1, 0.15) is 12.1 Å². The molecule has 4 aromatic rings. The van der Waals surface area contributed by atoms with E-state index in [4.69, 9.17) is 4.74 Å². The first kappa shape index (κ1) is 28.8. The van der Waals surface area contributed by atoms with Gasteiger partial charge in [0.15, 0.2) is 0 Å². The Morgan fingerprint density at radius 3 is 2.17 bits per heavy atom. The predicted molar refractivity (Wildman–Crippen MR) is 158 cm³/mol. The second-order valence-corrected chi connectivity index (χ2v) is 12.7. The monoisotopic (exact) mass is 558 g/mol. The molecule has 0 heterocycles. The molecule has 0 saturated heterocycles. The number of carbonyl (C=O) groups is 2. The third-order valence-corrected chi connectivity index (χ3v) is 7.92. The molecule has 0 aliphatic rings. The molecular weight excluding hydrogens is 524 g/mol. The van der Waals surface area contributed by atoms with Gasteiger partial charge in [0.05, 0.1) is 10.6 Å². The Labute approximate surface area is 235 Å². The normalized spacial score (nSPS) is 11.7. The Bertz CT molecular complexity index is 1640. The summed E-state index contributed by atoms with van der Waals surface area (Å²) in [5.74, 6) is -0.912. The number of ether oxygens (including phenoxy) is 1. The predicted octanol–water partition coefficient (Wildman–Crippen LogP) is 5.92. The quantitative estimate of drug-likeness (QED) is 0.271. The topological polar surface area (TPSA) is 92.8 Å². The SMILES string of the molecule is Cc1cc(C)cc(S(=O)(=O)N(CC(=O)OC(C)(C)C)c2ccc3c(C(=O)NCc4ccccc4)cccc3c2)c1. The van der Waals surface area contributed by atoms with Gasteiger partial charge in [-0.2, -0.15) is 0 Å². The van der Waals surface area contributed by atoms with Gasteiger partial charge in [0.25, 0.3) is 15.9 Å². The number of hydrogen-bond acceptors (Lipinski definition) is 5. The summed E-state index contributed by atoms with van der Waals surface area (Å²) in [6.45, 7) is 8.71. The molecule has 1 N–H and O–H groups in total. The molecule has 208 valence electrons. The molecule has 0 radical (unpaired) electrons. The molecule has 0 saturated carbocycles. The molecule has 0 fully saturated rings. The number of anilines is 1. The average Bonchev–Trinajstić information content (AvgIpc) is 2.88. The minimum atomic E-state index is -4.13. The Morgan fingerprint density at radius 2 is 1.52 bits per heavy atom. The largest absolute Gasteiger partial charge is 0.459 e. The number of nitrogens with one attached hydrogen (secondary N) is 1. The van der Waals surface area contributed by atoms with Crippen LogP contribution in [0.2, 0.25) is 0 Å². The number of fused-ring (bicyclic) bond motifs is 1. The zero-order valence-electron chi connectivity index (χ0n) is 23.4. The van der Waals surface area contributed by atoms with Gasteiger partial charge in [0.2, 0.25) is 0 Å². The zero-order valence-corrected chi connectivity index (χ0v) is 24.2. The summed E-state index contributed by atoms with van der Waals surface area (Å²) < 4.78 is 34.4. The maximum Gasteiger partial charge on any atom is 0.327 e. The Morgan fingerprint density at radius 1 is 0.850 bits per heavy atom. The molecular formula is C32H34N2O5S. The zero-order chi connectivity index (χ0) is 29.1. The van der Waals surface area contributed by atoms with Crippen LogP contribution in [0.4, 0.5) is 5.69 Å². The van der Waals surface area contributed by atoms with Crippen LogP contribution >= 0.6 is 0 Å². The fourth-order valence-corrected chi connectivity index (χ4v) is 6.10. The van der Waals surface area contributed by atoms with Crippen molar-refractivity contribution in [1.82, 2.24) is 5.32 Å². The maximum atomic E-state index is 13.9. The lowest BCUT2D eigenvalue weighted by Gasteiger charge is -2.27. The van der Waals surface area contributed by atoms with Crippen molar-refractivity contribution in [1.29, 1.82) is 0 Å². The van der Waals surface area contributed by atoms with E-state index >= 15 is 0 Å². The standard InChI is InChI=1S/C32H34N2O5S/c1-22-16-23(2)18-27(17-22)40(37,38)34(21-30(35)39-32(3,4)5)26-14-15-28-25(19-26)12-9-13-29(28)31(36)33-20-24-10-7-6-8-11-24/h6-19H,20-21H2,1-5H3,(H,33,36). The first-order valence-electron chi connectivity index (χ1n) is 13.0. The van der Waals surface area contributed by atoms with Gasteiger partial charge >= 0.3 is 5.97 Å². The number of esters is 1. The van der Waals surface area contributed by atoms with Gasteiger partial charge in [-0.05, 0) is 92.4 Å².